The van der Waals surface area contributed by atoms with E-state index in [-0.39, 0.29) is 12.8 Å². The van der Waals surface area contributed by atoms with E-state index in [2.05, 4.69) is 9.47 Å². The van der Waals surface area contributed by atoms with Gasteiger partial charge in [-0.05, 0) is 18.4 Å². The van der Waals surface area contributed by atoms with Crippen molar-refractivity contribution in [2.24, 2.45) is 0 Å². The van der Waals surface area contributed by atoms with Gasteiger partial charge in [-0.2, -0.15) is 13.2 Å². The molecule has 0 bridgehead atoms. The van der Waals surface area contributed by atoms with Gasteiger partial charge in [-0.3, -0.25) is 0 Å². The number of methoxy groups -OCH3 is 1. The average molecular weight is 402 g/mol. The maximum atomic E-state index is 13.8. The van der Waals surface area contributed by atoms with Gasteiger partial charge in [-0.1, -0.05) is 60.7 Å². The third kappa shape index (κ3) is 4.67. The Hall–Kier alpha value is -2.48. The predicted octanol–water partition coefficient (Wildman–Crippen LogP) is 4.90. The van der Waals surface area contributed by atoms with Gasteiger partial charge in [-0.25, -0.2) is 13.6 Å². The van der Waals surface area contributed by atoms with Crippen LogP contribution in [0.1, 0.15) is 17.5 Å². The lowest BCUT2D eigenvalue weighted by molar-refractivity contribution is -0.280. The van der Waals surface area contributed by atoms with Gasteiger partial charge < -0.3 is 9.47 Å². The number of halogens is 5. The first kappa shape index (κ1) is 21.8. The number of benzene rings is 2. The normalized spacial score (nSPS) is 15.1. The summed E-state index contributed by atoms with van der Waals surface area (Å²) in [7, 11) is 0.684. The van der Waals surface area contributed by atoms with Crippen molar-refractivity contribution < 1.29 is 36.2 Å². The van der Waals surface area contributed by atoms with E-state index in [1.165, 1.54) is 18.2 Å². The van der Waals surface area contributed by atoms with Crippen LogP contribution in [0, 0.1) is 0 Å². The molecule has 2 aromatic rings. The molecular formula is C20H19F5O3. The van der Waals surface area contributed by atoms with E-state index in [1.807, 2.05) is 0 Å². The zero-order valence-corrected chi connectivity index (χ0v) is 15.0. The largest absolute Gasteiger partial charge is 0.454 e. The van der Waals surface area contributed by atoms with E-state index in [1.54, 1.807) is 30.3 Å². The van der Waals surface area contributed by atoms with Crippen molar-refractivity contribution in [2.75, 3.05) is 7.11 Å². The number of aryl methyl sites for hydroxylation is 1. The van der Waals surface area contributed by atoms with E-state index >= 15 is 0 Å². The van der Waals surface area contributed by atoms with Crippen LogP contribution >= 0.6 is 0 Å². The highest BCUT2D eigenvalue weighted by Crippen LogP contribution is 2.43. The molecule has 0 amide bonds. The molecule has 2 aromatic carbocycles. The lowest BCUT2D eigenvalue weighted by atomic mass is 9.92. The summed E-state index contributed by atoms with van der Waals surface area (Å²) in [4.78, 5) is 12.5. The van der Waals surface area contributed by atoms with Gasteiger partial charge in [0.05, 0.1) is 0 Å². The third-order valence-electron chi connectivity index (χ3n) is 4.27. The third-order valence-corrected chi connectivity index (χ3v) is 4.27. The molecule has 3 nitrogen and oxygen atoms in total. The molecule has 0 heterocycles. The fourth-order valence-corrected chi connectivity index (χ4v) is 2.80. The Morgan fingerprint density at radius 1 is 0.964 bits per heavy atom. The van der Waals surface area contributed by atoms with E-state index in [9.17, 15) is 26.7 Å². The van der Waals surface area contributed by atoms with Gasteiger partial charge in [-0.15, -0.1) is 0 Å². The summed E-state index contributed by atoms with van der Waals surface area (Å²) in [5.74, 6) is -1.92. The zero-order valence-electron chi connectivity index (χ0n) is 15.0. The Bertz CT molecular complexity index is 749. The Kier molecular flexibility index (Phi) is 7.12. The molecule has 28 heavy (non-hydrogen) atoms. The fraction of sp³-hybridized carbons (Fsp3) is 0.350. The highest BCUT2D eigenvalue weighted by atomic mass is 19.4. The molecule has 2 atom stereocenters. The van der Waals surface area contributed by atoms with Crippen molar-refractivity contribution in [1.82, 2.24) is 0 Å². The van der Waals surface area contributed by atoms with Crippen LogP contribution in [0.2, 0.25) is 0 Å². The van der Waals surface area contributed by atoms with Crippen LogP contribution in [0.3, 0.4) is 0 Å². The first-order valence-corrected chi connectivity index (χ1v) is 8.43. The molecule has 0 aromatic heterocycles. The van der Waals surface area contributed by atoms with Gasteiger partial charge in [0.25, 0.3) is 12.0 Å². The molecule has 0 saturated heterocycles. The number of ether oxygens (including phenoxy) is 2. The number of hydrogen-bond acceptors (Lipinski definition) is 3. The molecular weight excluding hydrogens is 383 g/mol. The predicted molar refractivity (Wildman–Crippen MR) is 91.8 cm³/mol. The number of hydrogen-bond donors (Lipinski definition) is 0. The lowest BCUT2D eigenvalue weighted by Crippen LogP contribution is -2.53. The minimum absolute atomic E-state index is 0.112. The Morgan fingerprint density at radius 3 is 1.96 bits per heavy atom. The summed E-state index contributed by atoms with van der Waals surface area (Å²) in [5, 5.41) is 0. The topological polar surface area (TPSA) is 35.5 Å². The van der Waals surface area contributed by atoms with Crippen LogP contribution in [0.4, 0.5) is 22.0 Å². The molecule has 0 radical (unpaired) electrons. The highest BCUT2D eigenvalue weighted by molar-refractivity contribution is 5.82. The maximum Gasteiger partial charge on any atom is 0.432 e. The molecule has 0 N–H and O–H groups in total. The van der Waals surface area contributed by atoms with E-state index in [4.69, 9.17) is 0 Å². The summed E-state index contributed by atoms with van der Waals surface area (Å²) >= 11 is 0. The summed E-state index contributed by atoms with van der Waals surface area (Å²) in [5.41, 5.74) is -3.35. The molecule has 0 saturated carbocycles. The second-order valence-corrected chi connectivity index (χ2v) is 6.05. The molecule has 0 aliphatic carbocycles. The molecule has 0 unspecified atom stereocenters. The lowest BCUT2D eigenvalue weighted by Gasteiger charge is -2.33. The molecule has 2 rings (SSSR count). The molecule has 0 aliphatic rings. The fourth-order valence-electron chi connectivity index (χ4n) is 2.80. The van der Waals surface area contributed by atoms with Crippen LogP contribution in [0.15, 0.2) is 60.7 Å². The summed E-state index contributed by atoms with van der Waals surface area (Å²) in [6.07, 6.45) is -10.6. The summed E-state index contributed by atoms with van der Waals surface area (Å²) in [6.45, 7) is 0. The zero-order chi connectivity index (χ0) is 20.8. The Morgan fingerprint density at radius 2 is 1.50 bits per heavy atom. The monoisotopic (exact) mass is 402 g/mol. The van der Waals surface area contributed by atoms with Crippen molar-refractivity contribution in [3.05, 3.63) is 71.8 Å². The number of carbonyl (C=O) groups excluding carboxylic acids is 1. The van der Waals surface area contributed by atoms with Crippen molar-refractivity contribution in [2.45, 2.75) is 37.1 Å². The quantitative estimate of drug-likeness (QED) is 0.465. The molecule has 152 valence electrons. The second kappa shape index (κ2) is 9.14. The number of esters is 1. The first-order valence-electron chi connectivity index (χ1n) is 8.43. The molecule has 0 fully saturated rings. The van der Waals surface area contributed by atoms with Gasteiger partial charge in [0.15, 0.2) is 6.10 Å². The minimum atomic E-state index is -5.22. The van der Waals surface area contributed by atoms with Crippen molar-refractivity contribution >= 4 is 5.97 Å². The standard InChI is InChI=1S/C20H19F5O3/c1-27-19(20(23,24)25,15-10-6-3-7-11-15)18(26)28-16(17(21)22)13-12-14-8-4-2-5-9-14/h2-11,16-17H,12-13H2,1H3/t16-,19+/m1/s1. The second-order valence-electron chi connectivity index (χ2n) is 6.05. The summed E-state index contributed by atoms with van der Waals surface area (Å²) < 4.78 is 77.3. The average Bonchev–Trinajstić information content (AvgIpc) is 2.66. The highest BCUT2D eigenvalue weighted by Gasteiger charge is 2.64. The molecule has 0 spiro atoms. The van der Waals surface area contributed by atoms with Crippen LogP contribution < -0.4 is 0 Å². The van der Waals surface area contributed by atoms with E-state index in [0.717, 1.165) is 12.1 Å². The van der Waals surface area contributed by atoms with Crippen LogP contribution in [0.5, 0.6) is 0 Å². The number of carbonyl (C=O) groups is 1. The number of rotatable bonds is 8. The van der Waals surface area contributed by atoms with Crippen molar-refractivity contribution in [1.29, 1.82) is 0 Å². The maximum absolute atomic E-state index is 13.8. The Labute approximate surface area is 159 Å². The first-order chi connectivity index (χ1) is 13.2. The van der Waals surface area contributed by atoms with Crippen molar-refractivity contribution in [3.63, 3.8) is 0 Å². The van der Waals surface area contributed by atoms with Crippen molar-refractivity contribution in [3.8, 4) is 0 Å². The number of alkyl halides is 5. The van der Waals surface area contributed by atoms with Gasteiger partial charge in [0.1, 0.15) is 0 Å². The van der Waals surface area contributed by atoms with Gasteiger partial charge in [0.2, 0.25) is 0 Å². The molecule has 0 aliphatic heterocycles. The summed E-state index contributed by atoms with van der Waals surface area (Å²) in [6, 6.07) is 14.6. The van der Waals surface area contributed by atoms with Gasteiger partial charge >= 0.3 is 12.1 Å². The van der Waals surface area contributed by atoms with E-state index < -0.39 is 35.8 Å². The van der Waals surface area contributed by atoms with Crippen LogP contribution in [-0.2, 0) is 26.3 Å². The Balaban J connectivity index is 2.27. The van der Waals surface area contributed by atoms with Crippen LogP contribution in [0.25, 0.3) is 0 Å². The van der Waals surface area contributed by atoms with E-state index in [0.29, 0.717) is 12.7 Å². The SMILES string of the molecule is CO[C@](C(=O)O[C@H](CCc1ccccc1)C(F)F)(c1ccccc1)C(F)(F)F. The minimum Gasteiger partial charge on any atom is -0.454 e. The smallest absolute Gasteiger partial charge is 0.432 e. The van der Waals surface area contributed by atoms with Gasteiger partial charge in [0, 0.05) is 12.7 Å². The molecule has 8 heteroatoms. The van der Waals surface area contributed by atoms with Crippen LogP contribution in [-0.4, -0.2) is 31.8 Å².